The van der Waals surface area contributed by atoms with Gasteiger partial charge in [-0.3, -0.25) is 0 Å². The van der Waals surface area contributed by atoms with Crippen molar-refractivity contribution in [2.45, 2.75) is 6.04 Å². The highest BCUT2D eigenvalue weighted by molar-refractivity contribution is 5.47. The van der Waals surface area contributed by atoms with Crippen molar-refractivity contribution >= 4 is 5.69 Å². The molecular weight excluding hydrogens is 258 g/mol. The fourth-order valence-corrected chi connectivity index (χ4v) is 2.18. The summed E-state index contributed by atoms with van der Waals surface area (Å²) in [5.74, 6) is -1.65. The van der Waals surface area contributed by atoms with Crippen LogP contribution in [0.15, 0.2) is 42.5 Å². The number of halogens is 2. The third-order valence-electron chi connectivity index (χ3n) is 3.31. The van der Waals surface area contributed by atoms with Crippen molar-refractivity contribution in [2.75, 3.05) is 26.0 Å². The highest BCUT2D eigenvalue weighted by atomic mass is 19.2. The van der Waals surface area contributed by atoms with E-state index in [1.165, 1.54) is 6.07 Å². The number of benzene rings is 2. The van der Waals surface area contributed by atoms with Gasteiger partial charge in [-0.15, -0.1) is 0 Å². The lowest BCUT2D eigenvalue weighted by molar-refractivity contribution is 0.505. The van der Waals surface area contributed by atoms with Crippen molar-refractivity contribution in [1.29, 1.82) is 0 Å². The van der Waals surface area contributed by atoms with E-state index in [0.717, 1.165) is 17.3 Å². The van der Waals surface area contributed by atoms with Crippen LogP contribution in [0.1, 0.15) is 17.2 Å². The summed E-state index contributed by atoms with van der Waals surface area (Å²) in [5.41, 5.74) is 2.79. The lowest BCUT2D eigenvalue weighted by Gasteiger charge is -2.19. The van der Waals surface area contributed by atoms with E-state index in [-0.39, 0.29) is 6.04 Å². The standard InChI is InChI=1S/C16H18F2N2/c1-19-16(12-6-9-14(17)15(18)10-12)11-4-7-13(8-5-11)20(2)3/h4-10,16,19H,1-3H3. The van der Waals surface area contributed by atoms with Crippen molar-refractivity contribution in [3.8, 4) is 0 Å². The first-order chi connectivity index (χ1) is 9.52. The molecule has 2 nitrogen and oxygen atoms in total. The Morgan fingerprint density at radius 1 is 0.900 bits per heavy atom. The Labute approximate surface area is 118 Å². The average Bonchev–Trinajstić information content (AvgIpc) is 2.44. The fourth-order valence-electron chi connectivity index (χ4n) is 2.18. The Morgan fingerprint density at radius 3 is 2.00 bits per heavy atom. The van der Waals surface area contributed by atoms with Gasteiger partial charge in [0, 0.05) is 19.8 Å². The molecule has 0 amide bonds. The number of nitrogens with one attached hydrogen (secondary N) is 1. The normalized spacial score (nSPS) is 12.2. The van der Waals surface area contributed by atoms with Crippen LogP contribution in [0.3, 0.4) is 0 Å². The highest BCUT2D eigenvalue weighted by Crippen LogP contribution is 2.25. The highest BCUT2D eigenvalue weighted by Gasteiger charge is 2.14. The largest absolute Gasteiger partial charge is 0.378 e. The first-order valence-electron chi connectivity index (χ1n) is 6.42. The zero-order chi connectivity index (χ0) is 14.7. The summed E-state index contributed by atoms with van der Waals surface area (Å²) in [7, 11) is 5.74. The van der Waals surface area contributed by atoms with Crippen molar-refractivity contribution in [1.82, 2.24) is 5.32 Å². The molecule has 4 heteroatoms. The fraction of sp³-hybridized carbons (Fsp3) is 0.250. The maximum absolute atomic E-state index is 13.4. The van der Waals surface area contributed by atoms with E-state index in [1.807, 2.05) is 43.3 Å². The third-order valence-corrected chi connectivity index (χ3v) is 3.31. The molecule has 2 rings (SSSR count). The van der Waals surface area contributed by atoms with Crippen LogP contribution in [0.4, 0.5) is 14.5 Å². The van der Waals surface area contributed by atoms with Crippen molar-refractivity contribution in [3.05, 3.63) is 65.2 Å². The molecular formula is C16H18F2N2. The van der Waals surface area contributed by atoms with Gasteiger partial charge in [-0.2, -0.15) is 0 Å². The van der Waals surface area contributed by atoms with Gasteiger partial charge < -0.3 is 10.2 Å². The molecule has 0 radical (unpaired) electrons. The predicted molar refractivity (Wildman–Crippen MR) is 78.0 cm³/mol. The molecule has 0 saturated carbocycles. The molecule has 0 aromatic heterocycles. The molecule has 1 unspecified atom stereocenters. The number of hydrogen-bond donors (Lipinski definition) is 1. The van der Waals surface area contributed by atoms with Crippen LogP contribution in [-0.2, 0) is 0 Å². The first kappa shape index (κ1) is 14.5. The number of nitrogens with zero attached hydrogens (tertiary/aromatic N) is 1. The average molecular weight is 276 g/mol. The monoisotopic (exact) mass is 276 g/mol. The summed E-state index contributed by atoms with van der Waals surface area (Å²) >= 11 is 0. The Morgan fingerprint density at radius 2 is 1.50 bits per heavy atom. The molecule has 0 aliphatic carbocycles. The Hall–Kier alpha value is -1.94. The second-order valence-corrected chi connectivity index (χ2v) is 4.88. The van der Waals surface area contributed by atoms with Crippen LogP contribution < -0.4 is 10.2 Å². The van der Waals surface area contributed by atoms with Gasteiger partial charge in [0.15, 0.2) is 11.6 Å². The van der Waals surface area contributed by atoms with Crippen LogP contribution >= 0.6 is 0 Å². The summed E-state index contributed by atoms with van der Waals surface area (Å²) < 4.78 is 26.4. The van der Waals surface area contributed by atoms with E-state index in [0.29, 0.717) is 5.56 Å². The van der Waals surface area contributed by atoms with Gasteiger partial charge >= 0.3 is 0 Å². The smallest absolute Gasteiger partial charge is 0.159 e. The number of hydrogen-bond acceptors (Lipinski definition) is 2. The van der Waals surface area contributed by atoms with Gasteiger partial charge in [0.05, 0.1) is 6.04 Å². The topological polar surface area (TPSA) is 15.3 Å². The van der Waals surface area contributed by atoms with Gasteiger partial charge in [0.1, 0.15) is 0 Å². The summed E-state index contributed by atoms with van der Waals surface area (Å²) in [6, 6.07) is 11.8. The van der Waals surface area contributed by atoms with Crippen LogP contribution in [0, 0.1) is 11.6 Å². The van der Waals surface area contributed by atoms with E-state index in [2.05, 4.69) is 5.32 Å². The van der Waals surface area contributed by atoms with Crippen molar-refractivity contribution in [3.63, 3.8) is 0 Å². The molecule has 0 fully saturated rings. The molecule has 2 aromatic rings. The molecule has 0 heterocycles. The minimum absolute atomic E-state index is 0.165. The van der Waals surface area contributed by atoms with E-state index in [4.69, 9.17) is 0 Å². The maximum Gasteiger partial charge on any atom is 0.159 e. The molecule has 0 saturated heterocycles. The molecule has 2 aromatic carbocycles. The SMILES string of the molecule is CNC(c1ccc(N(C)C)cc1)c1ccc(F)c(F)c1. The Bertz CT molecular complexity index is 580. The van der Waals surface area contributed by atoms with Crippen LogP contribution in [0.2, 0.25) is 0 Å². The number of anilines is 1. The Balaban J connectivity index is 2.33. The lowest BCUT2D eigenvalue weighted by Crippen LogP contribution is -2.18. The van der Waals surface area contributed by atoms with Crippen LogP contribution in [-0.4, -0.2) is 21.1 Å². The van der Waals surface area contributed by atoms with E-state index < -0.39 is 11.6 Å². The third kappa shape index (κ3) is 2.96. The second-order valence-electron chi connectivity index (χ2n) is 4.88. The maximum atomic E-state index is 13.4. The van der Waals surface area contributed by atoms with Gasteiger partial charge in [-0.25, -0.2) is 8.78 Å². The summed E-state index contributed by atoms with van der Waals surface area (Å²) in [6.07, 6.45) is 0. The first-order valence-corrected chi connectivity index (χ1v) is 6.42. The van der Waals surface area contributed by atoms with Crippen molar-refractivity contribution in [2.24, 2.45) is 0 Å². The second kappa shape index (κ2) is 6.01. The van der Waals surface area contributed by atoms with Gasteiger partial charge in [0.2, 0.25) is 0 Å². The number of rotatable bonds is 4. The molecule has 1 atom stereocenters. The van der Waals surface area contributed by atoms with Crippen molar-refractivity contribution < 1.29 is 8.78 Å². The lowest BCUT2D eigenvalue weighted by atomic mass is 9.98. The van der Waals surface area contributed by atoms with Crippen LogP contribution in [0.5, 0.6) is 0 Å². The summed E-state index contributed by atoms with van der Waals surface area (Å²) in [4.78, 5) is 2.01. The molecule has 20 heavy (non-hydrogen) atoms. The summed E-state index contributed by atoms with van der Waals surface area (Å²) in [5, 5.41) is 3.13. The van der Waals surface area contributed by atoms with Gasteiger partial charge in [-0.1, -0.05) is 18.2 Å². The molecule has 1 N–H and O–H groups in total. The molecule has 0 spiro atoms. The van der Waals surface area contributed by atoms with Crippen LogP contribution in [0.25, 0.3) is 0 Å². The molecule has 0 aliphatic rings. The zero-order valence-electron chi connectivity index (χ0n) is 11.8. The van der Waals surface area contributed by atoms with Gasteiger partial charge in [0.25, 0.3) is 0 Å². The summed E-state index contributed by atoms with van der Waals surface area (Å²) in [6.45, 7) is 0. The quantitative estimate of drug-likeness (QED) is 0.921. The van der Waals surface area contributed by atoms with E-state index in [9.17, 15) is 8.78 Å². The molecule has 0 aliphatic heterocycles. The predicted octanol–water partition coefficient (Wildman–Crippen LogP) is 3.34. The minimum Gasteiger partial charge on any atom is -0.378 e. The minimum atomic E-state index is -0.827. The molecule has 0 bridgehead atoms. The zero-order valence-corrected chi connectivity index (χ0v) is 11.8. The van der Waals surface area contributed by atoms with E-state index in [1.54, 1.807) is 13.1 Å². The van der Waals surface area contributed by atoms with Gasteiger partial charge in [-0.05, 0) is 42.4 Å². The molecule has 106 valence electrons. The Kier molecular flexibility index (Phi) is 4.35. The van der Waals surface area contributed by atoms with E-state index >= 15 is 0 Å².